The van der Waals surface area contributed by atoms with Crippen LogP contribution < -0.4 is 19.9 Å². The fraction of sp³-hybridized carbons (Fsp3) is 0.355. The van der Waals surface area contributed by atoms with Gasteiger partial charge in [0, 0.05) is 23.9 Å². The Morgan fingerprint density at radius 1 is 1.07 bits per heavy atom. The highest BCUT2D eigenvalue weighted by Crippen LogP contribution is 2.38. The minimum absolute atomic E-state index is 0.0502. The van der Waals surface area contributed by atoms with Gasteiger partial charge in [-0.1, -0.05) is 26.0 Å². The normalized spacial score (nSPS) is 15.0. The number of anilines is 1. The van der Waals surface area contributed by atoms with Crippen molar-refractivity contribution in [2.45, 2.75) is 37.3 Å². The second kappa shape index (κ2) is 13.4. The maximum Gasteiger partial charge on any atom is 0.256 e. The molecule has 1 aliphatic rings. The quantitative estimate of drug-likeness (QED) is 0.139. The van der Waals surface area contributed by atoms with Crippen LogP contribution in [-0.4, -0.2) is 63.4 Å². The van der Waals surface area contributed by atoms with Crippen molar-refractivity contribution in [1.82, 2.24) is 14.9 Å². The number of imidazole rings is 1. The molecule has 1 aliphatic heterocycles. The monoisotopic (exact) mass is 592 g/mol. The van der Waals surface area contributed by atoms with Crippen LogP contribution >= 0.6 is 23.5 Å². The van der Waals surface area contributed by atoms with Crippen molar-refractivity contribution in [1.29, 1.82) is 0 Å². The van der Waals surface area contributed by atoms with E-state index in [0.29, 0.717) is 33.1 Å². The van der Waals surface area contributed by atoms with Gasteiger partial charge in [0.05, 0.1) is 34.3 Å². The summed E-state index contributed by atoms with van der Waals surface area (Å²) in [5, 5.41) is 0. The summed E-state index contributed by atoms with van der Waals surface area (Å²) in [6, 6.07) is 19.1. The van der Waals surface area contributed by atoms with Gasteiger partial charge >= 0.3 is 0 Å². The van der Waals surface area contributed by atoms with Gasteiger partial charge in [-0.05, 0) is 66.8 Å². The van der Waals surface area contributed by atoms with Crippen molar-refractivity contribution in [2.75, 3.05) is 37.7 Å². The summed E-state index contributed by atoms with van der Waals surface area (Å²) in [5.41, 5.74) is 10.1. The van der Waals surface area contributed by atoms with Crippen LogP contribution in [0.1, 0.15) is 37.0 Å². The lowest BCUT2D eigenvalue weighted by molar-refractivity contribution is 0.0746. The molecule has 1 aromatic heterocycles. The van der Waals surface area contributed by atoms with Crippen molar-refractivity contribution < 1.29 is 19.0 Å². The summed E-state index contributed by atoms with van der Waals surface area (Å²) in [4.78, 5) is 23.6. The number of fused-ring (bicyclic) bond motifs is 1. The third-order valence-corrected chi connectivity index (χ3v) is 9.83. The van der Waals surface area contributed by atoms with E-state index in [-0.39, 0.29) is 18.7 Å². The summed E-state index contributed by atoms with van der Waals surface area (Å²) in [6.45, 7) is 5.01. The second-order valence-corrected chi connectivity index (χ2v) is 12.7. The summed E-state index contributed by atoms with van der Waals surface area (Å²) in [5.74, 6) is 4.27. The summed E-state index contributed by atoms with van der Waals surface area (Å²) >= 11 is 3.82. The van der Waals surface area contributed by atoms with E-state index in [1.54, 1.807) is 19.2 Å². The highest BCUT2D eigenvalue weighted by molar-refractivity contribution is 8.17. The Hall–Kier alpha value is -3.50. The van der Waals surface area contributed by atoms with E-state index in [2.05, 4.69) is 23.8 Å². The fourth-order valence-electron chi connectivity index (χ4n) is 5.07. The number of H-pyrrole nitrogens is 1. The average Bonchev–Trinajstić information content (AvgIpc) is 3.65. The van der Waals surface area contributed by atoms with Crippen LogP contribution in [0.2, 0.25) is 0 Å². The molecule has 41 heavy (non-hydrogen) atoms. The minimum atomic E-state index is -0.0611. The smallest absolute Gasteiger partial charge is 0.256 e. The molecule has 0 bridgehead atoms. The van der Waals surface area contributed by atoms with Crippen LogP contribution in [0.5, 0.6) is 17.2 Å². The van der Waals surface area contributed by atoms with E-state index < -0.39 is 0 Å². The lowest BCUT2D eigenvalue weighted by Gasteiger charge is -2.31. The number of ether oxygens (including phenoxy) is 3. The first-order valence-corrected chi connectivity index (χ1v) is 15.9. The van der Waals surface area contributed by atoms with E-state index in [0.717, 1.165) is 53.3 Å². The molecule has 5 rings (SSSR count). The number of methoxy groups -OCH3 is 1. The Kier molecular flexibility index (Phi) is 9.51. The van der Waals surface area contributed by atoms with Crippen LogP contribution in [0.4, 0.5) is 5.69 Å². The third kappa shape index (κ3) is 6.54. The highest BCUT2D eigenvalue weighted by atomic mass is 32.2. The molecule has 0 aliphatic carbocycles. The molecule has 3 N–H and O–H groups in total. The van der Waals surface area contributed by atoms with Crippen LogP contribution in [0.3, 0.4) is 0 Å². The third-order valence-electron chi connectivity index (χ3n) is 7.06. The number of carbonyl (C=O) groups excluding carboxylic acids is 1. The maximum atomic E-state index is 13.7. The van der Waals surface area contributed by atoms with Crippen LogP contribution in [-0.2, 0) is 0 Å². The zero-order valence-electron chi connectivity index (χ0n) is 23.6. The molecule has 1 atom stereocenters. The molecule has 2 heterocycles. The molecular formula is C31H36N4O4S2. The lowest BCUT2D eigenvalue weighted by Crippen LogP contribution is -2.41. The molecule has 4 aromatic rings. The molecule has 0 unspecified atom stereocenters. The average molecular weight is 593 g/mol. The number of likely N-dealkylation sites (tertiary alicyclic amines) is 1. The van der Waals surface area contributed by atoms with Crippen molar-refractivity contribution in [3.8, 4) is 28.6 Å². The maximum absolute atomic E-state index is 13.7. The number of thioether (sulfide) groups is 2. The summed E-state index contributed by atoms with van der Waals surface area (Å²) < 4.78 is 17.6. The second-order valence-electron chi connectivity index (χ2n) is 9.61. The Labute approximate surface area is 249 Å². The Balaban J connectivity index is 1.23. The molecule has 0 saturated carbocycles. The zero-order chi connectivity index (χ0) is 28.8. The number of hydrogen-bond acceptors (Lipinski definition) is 8. The van der Waals surface area contributed by atoms with Gasteiger partial charge in [-0.15, -0.1) is 23.5 Å². The van der Waals surface area contributed by atoms with Gasteiger partial charge in [0.2, 0.25) is 6.79 Å². The van der Waals surface area contributed by atoms with Gasteiger partial charge in [-0.2, -0.15) is 0 Å². The number of para-hydroxylation sites is 2. The van der Waals surface area contributed by atoms with E-state index >= 15 is 0 Å². The number of nitrogen functional groups attached to an aromatic ring is 1. The zero-order valence-corrected chi connectivity index (χ0v) is 25.2. The van der Waals surface area contributed by atoms with Crippen molar-refractivity contribution >= 4 is 46.2 Å². The number of benzene rings is 3. The summed E-state index contributed by atoms with van der Waals surface area (Å²) in [7, 11) is 1.55. The fourth-order valence-corrected chi connectivity index (χ4v) is 7.94. The van der Waals surface area contributed by atoms with Crippen LogP contribution in [0, 0.1) is 0 Å². The van der Waals surface area contributed by atoms with Gasteiger partial charge in [0.1, 0.15) is 11.6 Å². The first-order chi connectivity index (χ1) is 20.0. The van der Waals surface area contributed by atoms with Crippen molar-refractivity contribution in [3.05, 3.63) is 66.2 Å². The number of nitrogens with two attached hydrogens (primary N) is 1. The Morgan fingerprint density at radius 2 is 1.83 bits per heavy atom. The molecule has 1 fully saturated rings. The largest absolute Gasteiger partial charge is 0.493 e. The first kappa shape index (κ1) is 29.0. The van der Waals surface area contributed by atoms with Gasteiger partial charge in [0.15, 0.2) is 11.5 Å². The molecule has 0 spiro atoms. The molecular weight excluding hydrogens is 556 g/mol. The molecule has 10 heteroatoms. The van der Waals surface area contributed by atoms with Gasteiger partial charge in [-0.25, -0.2) is 4.98 Å². The summed E-state index contributed by atoms with van der Waals surface area (Å²) in [6.07, 6.45) is 2.00. The number of carbonyl (C=O) groups is 1. The number of aromatic amines is 1. The van der Waals surface area contributed by atoms with Crippen molar-refractivity contribution in [3.63, 3.8) is 0 Å². The van der Waals surface area contributed by atoms with Crippen LogP contribution in [0.15, 0.2) is 60.7 Å². The Bertz CT molecular complexity index is 1440. The molecule has 8 nitrogen and oxygen atoms in total. The number of hydrogen-bond donors (Lipinski definition) is 2. The molecule has 1 amide bonds. The van der Waals surface area contributed by atoms with Crippen LogP contribution in [0.25, 0.3) is 22.4 Å². The minimum Gasteiger partial charge on any atom is -0.493 e. The van der Waals surface area contributed by atoms with Gasteiger partial charge in [0.25, 0.3) is 5.91 Å². The Morgan fingerprint density at radius 3 is 2.54 bits per heavy atom. The number of nitrogens with zero attached hydrogens (tertiary/aromatic N) is 2. The highest BCUT2D eigenvalue weighted by Gasteiger charge is 2.36. The molecule has 216 valence electrons. The standard InChI is InChI=1S/C31H36N4O4S2/c1-4-40-31(41-5-2)26-11-8-16-35(26)30(36)22-17-27(37-3)28(18-23(22)32)39-19-38-21-14-12-20(13-15-21)29-33-24-9-6-7-10-25(24)34-29/h6-7,9-10,12-15,17-18,26,31H,4-5,8,11,16,19,32H2,1-3H3,(H,33,34)/t26-/m0/s1. The first-order valence-electron chi connectivity index (χ1n) is 13.8. The van der Waals surface area contributed by atoms with Gasteiger partial charge in [-0.3, -0.25) is 4.79 Å². The van der Waals surface area contributed by atoms with Gasteiger partial charge < -0.3 is 29.8 Å². The predicted octanol–water partition coefficient (Wildman–Crippen LogP) is 6.67. The number of aromatic nitrogens is 2. The van der Waals surface area contributed by atoms with E-state index in [1.807, 2.05) is 77.0 Å². The SMILES string of the molecule is CCSC(SCC)[C@@H]1CCCN1C(=O)c1cc(OC)c(OCOc2ccc(-c3nc4ccccc4[nH]3)cc2)cc1N. The van der Waals surface area contributed by atoms with E-state index in [1.165, 1.54) is 0 Å². The predicted molar refractivity (Wildman–Crippen MR) is 169 cm³/mol. The van der Waals surface area contributed by atoms with Crippen molar-refractivity contribution in [2.24, 2.45) is 0 Å². The molecule has 0 radical (unpaired) electrons. The number of rotatable bonds is 12. The number of amides is 1. The topological polar surface area (TPSA) is 103 Å². The number of nitrogens with one attached hydrogen (secondary N) is 1. The molecule has 1 saturated heterocycles. The molecule has 3 aromatic carbocycles. The lowest BCUT2D eigenvalue weighted by atomic mass is 10.1. The van der Waals surface area contributed by atoms with E-state index in [4.69, 9.17) is 19.9 Å². The van der Waals surface area contributed by atoms with E-state index in [9.17, 15) is 4.79 Å².